The van der Waals surface area contributed by atoms with Crippen molar-refractivity contribution in [2.45, 2.75) is 18.9 Å². The molecule has 1 fully saturated rings. The van der Waals surface area contributed by atoms with Gasteiger partial charge in [-0.15, -0.1) is 0 Å². The fraction of sp³-hybridized carbons (Fsp3) is 0.600. The Morgan fingerprint density at radius 2 is 2.05 bits per heavy atom. The van der Waals surface area contributed by atoms with Gasteiger partial charge in [0.1, 0.15) is 5.75 Å². The number of hydrogen-bond donors (Lipinski definition) is 1. The number of para-hydroxylation sites is 1. The molecule has 0 spiro atoms. The van der Waals surface area contributed by atoms with E-state index in [2.05, 4.69) is 4.90 Å². The SMILES string of the molecule is O=S(=O)(CCN1CCCC(OCCO)C1)Oc1ccccc1. The Morgan fingerprint density at radius 3 is 2.77 bits per heavy atom. The average Bonchev–Trinajstić information content (AvgIpc) is 2.52. The minimum absolute atomic E-state index is 0.00972. The van der Waals surface area contributed by atoms with Gasteiger partial charge in [0.15, 0.2) is 0 Å². The Labute approximate surface area is 131 Å². The smallest absolute Gasteiger partial charge is 0.310 e. The van der Waals surface area contributed by atoms with Crippen molar-refractivity contribution in [3.8, 4) is 5.75 Å². The molecule has 2 rings (SSSR count). The van der Waals surface area contributed by atoms with Crippen LogP contribution in [0.3, 0.4) is 0 Å². The van der Waals surface area contributed by atoms with E-state index in [9.17, 15) is 8.42 Å². The van der Waals surface area contributed by atoms with E-state index in [1.54, 1.807) is 30.3 Å². The van der Waals surface area contributed by atoms with Gasteiger partial charge in [-0.2, -0.15) is 8.42 Å². The third kappa shape index (κ3) is 5.92. The zero-order chi connectivity index (χ0) is 15.8. The third-order valence-corrected chi connectivity index (χ3v) is 4.66. The Hall–Kier alpha value is -1.15. The Kier molecular flexibility index (Phi) is 6.63. The maximum absolute atomic E-state index is 12.0. The first-order valence-electron chi connectivity index (χ1n) is 7.51. The molecule has 0 radical (unpaired) electrons. The second kappa shape index (κ2) is 8.47. The zero-order valence-corrected chi connectivity index (χ0v) is 13.4. The molecular formula is C15H23NO5S. The van der Waals surface area contributed by atoms with Crippen molar-refractivity contribution in [2.75, 3.05) is 38.6 Å². The second-order valence-electron chi connectivity index (χ2n) is 5.32. The predicted octanol–water partition coefficient (Wildman–Crippen LogP) is 0.868. The molecule has 1 unspecified atom stereocenters. The van der Waals surface area contributed by atoms with Crippen LogP contribution in [-0.2, 0) is 14.9 Å². The van der Waals surface area contributed by atoms with Gasteiger partial charge < -0.3 is 14.0 Å². The van der Waals surface area contributed by atoms with Gasteiger partial charge in [0, 0.05) is 13.1 Å². The van der Waals surface area contributed by atoms with Crippen molar-refractivity contribution in [3.63, 3.8) is 0 Å². The van der Waals surface area contributed by atoms with Gasteiger partial charge >= 0.3 is 10.1 Å². The monoisotopic (exact) mass is 329 g/mol. The van der Waals surface area contributed by atoms with Crippen LogP contribution in [0.5, 0.6) is 5.75 Å². The van der Waals surface area contributed by atoms with E-state index >= 15 is 0 Å². The summed E-state index contributed by atoms with van der Waals surface area (Å²) in [5, 5.41) is 8.78. The van der Waals surface area contributed by atoms with Crippen LogP contribution in [-0.4, -0.2) is 63.1 Å². The number of ether oxygens (including phenoxy) is 1. The van der Waals surface area contributed by atoms with Gasteiger partial charge in [0.05, 0.1) is 25.1 Å². The molecule has 1 heterocycles. The van der Waals surface area contributed by atoms with Crippen molar-refractivity contribution < 1.29 is 22.4 Å². The minimum Gasteiger partial charge on any atom is -0.394 e. The maximum Gasteiger partial charge on any atom is 0.310 e. The quantitative estimate of drug-likeness (QED) is 0.713. The van der Waals surface area contributed by atoms with Gasteiger partial charge in [-0.1, -0.05) is 18.2 Å². The van der Waals surface area contributed by atoms with E-state index in [0.29, 0.717) is 25.4 Å². The number of hydrogen-bond acceptors (Lipinski definition) is 6. The van der Waals surface area contributed by atoms with Gasteiger partial charge in [0.2, 0.25) is 0 Å². The molecule has 1 aromatic carbocycles. The van der Waals surface area contributed by atoms with Crippen molar-refractivity contribution in [2.24, 2.45) is 0 Å². The number of aliphatic hydroxyl groups excluding tert-OH is 1. The summed E-state index contributed by atoms with van der Waals surface area (Å²) in [6.07, 6.45) is 1.98. The number of piperidine rings is 1. The molecule has 1 aliphatic heterocycles. The Balaban J connectivity index is 1.78. The zero-order valence-electron chi connectivity index (χ0n) is 12.6. The highest BCUT2D eigenvalue weighted by molar-refractivity contribution is 7.87. The first kappa shape index (κ1) is 17.2. The first-order chi connectivity index (χ1) is 10.6. The Morgan fingerprint density at radius 1 is 1.27 bits per heavy atom. The van der Waals surface area contributed by atoms with Crippen molar-refractivity contribution >= 4 is 10.1 Å². The summed E-state index contributed by atoms with van der Waals surface area (Å²) in [6.45, 7) is 2.32. The van der Waals surface area contributed by atoms with Crippen LogP contribution in [0.2, 0.25) is 0 Å². The topological polar surface area (TPSA) is 76.1 Å². The molecule has 0 saturated carbocycles. The number of nitrogens with zero attached hydrogens (tertiary/aromatic N) is 1. The van der Waals surface area contributed by atoms with E-state index in [1.807, 2.05) is 0 Å². The minimum atomic E-state index is -3.59. The predicted molar refractivity (Wildman–Crippen MR) is 83.4 cm³/mol. The molecule has 1 saturated heterocycles. The van der Waals surface area contributed by atoms with E-state index in [4.69, 9.17) is 14.0 Å². The van der Waals surface area contributed by atoms with Crippen LogP contribution in [0.25, 0.3) is 0 Å². The summed E-state index contributed by atoms with van der Waals surface area (Å²) in [6, 6.07) is 8.52. The molecule has 22 heavy (non-hydrogen) atoms. The lowest BCUT2D eigenvalue weighted by atomic mass is 10.1. The molecule has 0 amide bonds. The lowest BCUT2D eigenvalue weighted by Gasteiger charge is -2.32. The molecule has 1 atom stereocenters. The number of likely N-dealkylation sites (tertiary alicyclic amines) is 1. The molecule has 6 nitrogen and oxygen atoms in total. The lowest BCUT2D eigenvalue weighted by Crippen LogP contribution is -2.42. The van der Waals surface area contributed by atoms with E-state index in [0.717, 1.165) is 19.4 Å². The molecule has 1 N–H and O–H groups in total. The molecule has 7 heteroatoms. The van der Waals surface area contributed by atoms with Crippen LogP contribution >= 0.6 is 0 Å². The highest BCUT2D eigenvalue weighted by Gasteiger charge is 2.22. The normalized spacial score (nSPS) is 20.0. The van der Waals surface area contributed by atoms with Crippen LogP contribution in [0.15, 0.2) is 30.3 Å². The summed E-state index contributed by atoms with van der Waals surface area (Å²) < 4.78 is 34.5. The standard InChI is InChI=1S/C15H23NO5S/c17-10-11-20-15-7-4-8-16(13-15)9-12-22(18,19)21-14-5-2-1-3-6-14/h1-3,5-6,15,17H,4,7-13H2. The molecule has 1 aromatic rings. The van der Waals surface area contributed by atoms with Gasteiger partial charge in [-0.05, 0) is 31.5 Å². The lowest BCUT2D eigenvalue weighted by molar-refractivity contribution is -0.0131. The highest BCUT2D eigenvalue weighted by Crippen LogP contribution is 2.15. The first-order valence-corrected chi connectivity index (χ1v) is 9.09. The van der Waals surface area contributed by atoms with Crippen LogP contribution in [0.1, 0.15) is 12.8 Å². The van der Waals surface area contributed by atoms with Crippen molar-refractivity contribution in [1.29, 1.82) is 0 Å². The van der Waals surface area contributed by atoms with Gasteiger partial charge in [0.25, 0.3) is 0 Å². The average molecular weight is 329 g/mol. The third-order valence-electron chi connectivity index (χ3n) is 3.53. The summed E-state index contributed by atoms with van der Waals surface area (Å²) in [5.74, 6) is 0.291. The van der Waals surface area contributed by atoms with Crippen LogP contribution in [0.4, 0.5) is 0 Å². The van der Waals surface area contributed by atoms with Gasteiger partial charge in [-0.3, -0.25) is 4.90 Å². The summed E-state index contributed by atoms with van der Waals surface area (Å²) in [5.41, 5.74) is 0. The molecule has 0 aliphatic carbocycles. The maximum atomic E-state index is 12.0. The summed E-state index contributed by atoms with van der Waals surface area (Å²) >= 11 is 0. The number of aliphatic hydroxyl groups is 1. The van der Waals surface area contributed by atoms with Crippen LogP contribution in [0, 0.1) is 0 Å². The number of benzene rings is 1. The molecule has 124 valence electrons. The molecule has 0 aromatic heterocycles. The summed E-state index contributed by atoms with van der Waals surface area (Å²) in [4.78, 5) is 2.07. The van der Waals surface area contributed by atoms with E-state index in [1.165, 1.54) is 0 Å². The van der Waals surface area contributed by atoms with Crippen LogP contribution < -0.4 is 4.18 Å². The largest absolute Gasteiger partial charge is 0.394 e. The van der Waals surface area contributed by atoms with Crippen molar-refractivity contribution in [1.82, 2.24) is 4.90 Å². The fourth-order valence-electron chi connectivity index (χ4n) is 2.48. The number of rotatable bonds is 8. The summed E-state index contributed by atoms with van der Waals surface area (Å²) in [7, 11) is -3.59. The van der Waals surface area contributed by atoms with E-state index in [-0.39, 0.29) is 18.5 Å². The fourth-order valence-corrected chi connectivity index (χ4v) is 3.45. The highest BCUT2D eigenvalue weighted by atomic mass is 32.2. The van der Waals surface area contributed by atoms with Crippen molar-refractivity contribution in [3.05, 3.63) is 30.3 Å². The van der Waals surface area contributed by atoms with E-state index < -0.39 is 10.1 Å². The van der Waals surface area contributed by atoms with Gasteiger partial charge in [-0.25, -0.2) is 0 Å². The Bertz CT molecular complexity index is 534. The molecule has 0 bridgehead atoms. The molecule has 1 aliphatic rings. The second-order valence-corrected chi connectivity index (χ2v) is 7.01. The molecular weight excluding hydrogens is 306 g/mol.